The van der Waals surface area contributed by atoms with E-state index in [4.69, 9.17) is 5.11 Å². The molecule has 0 spiro atoms. The number of rotatable bonds is 2. The number of nitrogens with zero attached hydrogens (tertiary/aromatic N) is 1. The third-order valence-electron chi connectivity index (χ3n) is 0.916. The molecule has 5 heteroatoms. The van der Waals surface area contributed by atoms with Crippen molar-refractivity contribution < 1.29 is 18.3 Å². The molecule has 0 saturated carbocycles. The van der Waals surface area contributed by atoms with Gasteiger partial charge in [-0.05, 0) is 14.1 Å². The average molecular weight is 187 g/mol. The highest BCUT2D eigenvalue weighted by molar-refractivity contribution is 4.66. The molecule has 1 N–H and O–H groups in total. The lowest BCUT2D eigenvalue weighted by Gasteiger charge is -2.17. The van der Waals surface area contributed by atoms with Gasteiger partial charge in [-0.3, -0.25) is 0 Å². The molecule has 0 aromatic carbocycles. The number of hydrogen-bond donors (Lipinski definition) is 1. The fourth-order valence-electron chi connectivity index (χ4n) is 0.449. The molecule has 0 amide bonds. The number of aliphatic hydroxyl groups excluding tert-OH is 1. The van der Waals surface area contributed by atoms with Crippen molar-refractivity contribution in [3.63, 3.8) is 0 Å². The van der Waals surface area contributed by atoms with E-state index in [0.29, 0.717) is 0 Å². The summed E-state index contributed by atoms with van der Waals surface area (Å²) in [5.74, 6) is 0. The minimum Gasteiger partial charge on any atom is -0.382 e. The number of likely N-dealkylation sites (N-methyl/N-ethyl adjacent to an activating group) is 1. The summed E-state index contributed by atoms with van der Waals surface area (Å²) in [5.41, 5.74) is 0. The van der Waals surface area contributed by atoms with Crippen LogP contribution in [0.2, 0.25) is 0 Å². The lowest BCUT2D eigenvalue weighted by Crippen LogP contribution is -2.37. The van der Waals surface area contributed by atoms with Gasteiger partial charge in [0, 0.05) is 6.54 Å². The molecule has 0 aromatic rings. The Bertz CT molecular complexity index is 103. The van der Waals surface area contributed by atoms with Crippen LogP contribution >= 0.6 is 0 Å². The van der Waals surface area contributed by atoms with Gasteiger partial charge in [-0.1, -0.05) is 13.8 Å². The van der Waals surface area contributed by atoms with E-state index in [-0.39, 0.29) is 6.54 Å². The lowest BCUT2D eigenvalue weighted by molar-refractivity contribution is -0.206. The van der Waals surface area contributed by atoms with Crippen LogP contribution in [0.4, 0.5) is 13.2 Å². The third kappa shape index (κ3) is 7.81. The van der Waals surface area contributed by atoms with Gasteiger partial charge in [0.1, 0.15) is 0 Å². The Labute approximate surface area is 71.0 Å². The van der Waals surface area contributed by atoms with Gasteiger partial charge in [0.15, 0.2) is 6.10 Å². The van der Waals surface area contributed by atoms with Crippen molar-refractivity contribution in [2.24, 2.45) is 0 Å². The maximum Gasteiger partial charge on any atom is 0.415 e. The van der Waals surface area contributed by atoms with Gasteiger partial charge in [-0.2, -0.15) is 13.2 Å². The van der Waals surface area contributed by atoms with E-state index in [2.05, 4.69) is 0 Å². The quantitative estimate of drug-likeness (QED) is 0.708. The van der Waals surface area contributed by atoms with Gasteiger partial charge in [0.05, 0.1) is 0 Å². The summed E-state index contributed by atoms with van der Waals surface area (Å²) in [4.78, 5) is 1.28. The summed E-state index contributed by atoms with van der Waals surface area (Å²) in [7, 11) is 2.93. The summed E-state index contributed by atoms with van der Waals surface area (Å²) in [5, 5.41) is 8.39. The smallest absolute Gasteiger partial charge is 0.382 e. The fraction of sp³-hybridized carbons (Fsp3) is 1.00. The van der Waals surface area contributed by atoms with Crippen LogP contribution in [0.15, 0.2) is 0 Å². The summed E-state index contributed by atoms with van der Waals surface area (Å²) >= 11 is 0. The monoisotopic (exact) mass is 187 g/mol. The fourth-order valence-corrected chi connectivity index (χ4v) is 0.449. The molecule has 2 nitrogen and oxygen atoms in total. The highest BCUT2D eigenvalue weighted by atomic mass is 19.4. The summed E-state index contributed by atoms with van der Waals surface area (Å²) in [6.45, 7) is 3.61. The third-order valence-corrected chi connectivity index (χ3v) is 0.916. The zero-order chi connectivity index (χ0) is 10.4. The summed E-state index contributed by atoms with van der Waals surface area (Å²) in [6, 6.07) is 0. The van der Waals surface area contributed by atoms with E-state index in [1.54, 1.807) is 0 Å². The minimum absolute atomic E-state index is 0.385. The number of hydrogen-bond acceptors (Lipinski definition) is 2. The topological polar surface area (TPSA) is 23.5 Å². The van der Waals surface area contributed by atoms with Crippen LogP contribution < -0.4 is 0 Å². The minimum atomic E-state index is -4.50. The SMILES string of the molecule is CC.CN(C)CC(O)C(F)(F)F. The first-order chi connectivity index (χ1) is 5.34. The predicted molar refractivity (Wildman–Crippen MR) is 42.0 cm³/mol. The molecule has 0 fully saturated rings. The highest BCUT2D eigenvalue weighted by Crippen LogP contribution is 2.19. The van der Waals surface area contributed by atoms with Crippen molar-refractivity contribution in [3.8, 4) is 0 Å². The Hall–Kier alpha value is -0.290. The first kappa shape index (κ1) is 14.2. The van der Waals surface area contributed by atoms with Crippen LogP contribution in [-0.2, 0) is 0 Å². The maximum absolute atomic E-state index is 11.5. The van der Waals surface area contributed by atoms with Crippen LogP contribution in [0.25, 0.3) is 0 Å². The molecule has 0 rings (SSSR count). The van der Waals surface area contributed by atoms with Crippen LogP contribution in [0.3, 0.4) is 0 Å². The number of aliphatic hydroxyl groups is 1. The van der Waals surface area contributed by atoms with Crippen molar-refractivity contribution in [2.45, 2.75) is 26.1 Å². The molecule has 0 bridgehead atoms. The molecule has 0 heterocycles. The second-order valence-electron chi connectivity index (χ2n) is 2.32. The Morgan fingerprint density at radius 2 is 1.58 bits per heavy atom. The van der Waals surface area contributed by atoms with E-state index in [1.807, 2.05) is 13.8 Å². The first-order valence-corrected chi connectivity index (χ1v) is 3.73. The maximum atomic E-state index is 11.5. The lowest BCUT2D eigenvalue weighted by atomic mass is 10.3. The van der Waals surface area contributed by atoms with Gasteiger partial charge < -0.3 is 10.0 Å². The van der Waals surface area contributed by atoms with Gasteiger partial charge in [-0.25, -0.2) is 0 Å². The molecule has 0 aromatic heterocycles. The summed E-state index contributed by atoms with van der Waals surface area (Å²) in [6.07, 6.45) is -6.73. The van der Waals surface area contributed by atoms with Crippen LogP contribution in [-0.4, -0.2) is 42.9 Å². The van der Waals surface area contributed by atoms with E-state index in [0.717, 1.165) is 0 Å². The molecular formula is C7H16F3NO. The second-order valence-corrected chi connectivity index (χ2v) is 2.32. The van der Waals surface area contributed by atoms with E-state index in [1.165, 1.54) is 19.0 Å². The first-order valence-electron chi connectivity index (χ1n) is 3.73. The van der Waals surface area contributed by atoms with Crippen molar-refractivity contribution in [2.75, 3.05) is 20.6 Å². The molecule has 0 aliphatic carbocycles. The van der Waals surface area contributed by atoms with E-state index in [9.17, 15) is 13.2 Å². The Balaban J connectivity index is 0. The van der Waals surface area contributed by atoms with Crippen molar-refractivity contribution in [1.29, 1.82) is 0 Å². The molecule has 0 aliphatic heterocycles. The molecule has 76 valence electrons. The molecule has 0 saturated heterocycles. The Morgan fingerprint density at radius 1 is 1.25 bits per heavy atom. The molecule has 12 heavy (non-hydrogen) atoms. The molecular weight excluding hydrogens is 171 g/mol. The average Bonchev–Trinajstić information content (AvgIpc) is 1.88. The largest absolute Gasteiger partial charge is 0.415 e. The zero-order valence-electron chi connectivity index (χ0n) is 7.81. The zero-order valence-corrected chi connectivity index (χ0v) is 7.81. The molecule has 1 atom stereocenters. The van der Waals surface area contributed by atoms with E-state index >= 15 is 0 Å². The second kappa shape index (κ2) is 6.25. The highest BCUT2D eigenvalue weighted by Gasteiger charge is 2.38. The van der Waals surface area contributed by atoms with Crippen molar-refractivity contribution in [3.05, 3.63) is 0 Å². The normalized spacial score (nSPS) is 13.8. The predicted octanol–water partition coefficient (Wildman–Crippen LogP) is 1.50. The molecule has 1 unspecified atom stereocenters. The number of halogens is 3. The number of alkyl halides is 3. The van der Waals surface area contributed by atoms with Crippen LogP contribution in [0.1, 0.15) is 13.8 Å². The van der Waals surface area contributed by atoms with E-state index < -0.39 is 12.3 Å². The molecule has 0 radical (unpaired) electrons. The van der Waals surface area contributed by atoms with Crippen molar-refractivity contribution >= 4 is 0 Å². The summed E-state index contributed by atoms with van der Waals surface area (Å²) < 4.78 is 34.6. The van der Waals surface area contributed by atoms with Crippen molar-refractivity contribution in [1.82, 2.24) is 4.90 Å². The van der Waals surface area contributed by atoms with Gasteiger partial charge in [-0.15, -0.1) is 0 Å². The molecule has 0 aliphatic rings. The standard InChI is InChI=1S/C5H10F3NO.C2H6/c1-9(2)3-4(10)5(6,7)8;1-2/h4,10H,3H2,1-2H3;1-2H3. The Morgan fingerprint density at radius 3 is 1.67 bits per heavy atom. The Kier molecular flexibility index (Phi) is 7.42. The van der Waals surface area contributed by atoms with Gasteiger partial charge >= 0.3 is 6.18 Å². The van der Waals surface area contributed by atoms with Crippen LogP contribution in [0, 0.1) is 0 Å². The van der Waals surface area contributed by atoms with Gasteiger partial charge in [0.25, 0.3) is 0 Å². The van der Waals surface area contributed by atoms with Crippen LogP contribution in [0.5, 0.6) is 0 Å². The van der Waals surface area contributed by atoms with Gasteiger partial charge in [0.2, 0.25) is 0 Å².